The van der Waals surface area contributed by atoms with Crippen LogP contribution in [0.1, 0.15) is 19.8 Å². The van der Waals surface area contributed by atoms with Gasteiger partial charge in [-0.1, -0.05) is 28.0 Å². The molecule has 1 unspecified atom stereocenters. The Morgan fingerprint density at radius 1 is 1.39 bits per heavy atom. The van der Waals surface area contributed by atoms with Gasteiger partial charge in [0.05, 0.1) is 5.69 Å². The third-order valence-electron chi connectivity index (χ3n) is 2.43. The molecule has 18 heavy (non-hydrogen) atoms. The summed E-state index contributed by atoms with van der Waals surface area (Å²) in [5, 5.41) is 15.0. The Bertz CT molecular complexity index is 428. The molecule has 1 rings (SSSR count). The molecule has 4 nitrogen and oxygen atoms in total. The van der Waals surface area contributed by atoms with Crippen LogP contribution in [0.3, 0.4) is 0 Å². The second kappa shape index (κ2) is 7.35. The third kappa shape index (κ3) is 4.44. The number of nitrogens with one attached hydrogen (secondary N) is 1. The van der Waals surface area contributed by atoms with Crippen molar-refractivity contribution in [1.29, 1.82) is 0 Å². The van der Waals surface area contributed by atoms with Gasteiger partial charge in [0.15, 0.2) is 0 Å². The molecule has 0 aliphatic carbocycles. The van der Waals surface area contributed by atoms with Crippen molar-refractivity contribution in [3.8, 4) is 0 Å². The average Bonchev–Trinajstić information content (AvgIpc) is 2.31. The van der Waals surface area contributed by atoms with E-state index >= 15 is 0 Å². The van der Waals surface area contributed by atoms with Gasteiger partial charge in [0, 0.05) is 25.9 Å². The van der Waals surface area contributed by atoms with Gasteiger partial charge in [-0.3, -0.25) is 0 Å². The van der Waals surface area contributed by atoms with Crippen molar-refractivity contribution < 1.29 is 5.21 Å². The van der Waals surface area contributed by atoms with E-state index in [1.54, 1.807) is 0 Å². The van der Waals surface area contributed by atoms with Crippen molar-refractivity contribution in [2.45, 2.75) is 25.8 Å². The first-order valence-corrected chi connectivity index (χ1v) is 7.73. The summed E-state index contributed by atoms with van der Waals surface area (Å²) in [5.41, 5.74) is 6.49. The molecule has 0 bridgehead atoms. The van der Waals surface area contributed by atoms with E-state index in [9.17, 15) is 0 Å². The Morgan fingerprint density at radius 2 is 1.94 bits per heavy atom. The van der Waals surface area contributed by atoms with Crippen molar-refractivity contribution in [2.75, 3.05) is 5.32 Å². The van der Waals surface area contributed by atoms with Gasteiger partial charge >= 0.3 is 0 Å². The van der Waals surface area contributed by atoms with Gasteiger partial charge in [-0.05, 0) is 50.4 Å². The average molecular weight is 444 g/mol. The van der Waals surface area contributed by atoms with E-state index in [-0.39, 0.29) is 11.9 Å². The van der Waals surface area contributed by atoms with Crippen LogP contribution >= 0.6 is 47.8 Å². The lowest BCUT2D eigenvalue weighted by Crippen LogP contribution is -2.26. The number of amidine groups is 1. The van der Waals surface area contributed by atoms with E-state index in [1.165, 1.54) is 0 Å². The van der Waals surface area contributed by atoms with E-state index in [1.807, 2.05) is 19.1 Å². The third-order valence-corrected chi connectivity index (χ3v) is 4.14. The minimum Gasteiger partial charge on any atom is -0.409 e. The minimum absolute atomic E-state index is 0.106. The van der Waals surface area contributed by atoms with Crippen molar-refractivity contribution in [3.63, 3.8) is 0 Å². The van der Waals surface area contributed by atoms with Gasteiger partial charge < -0.3 is 16.3 Å². The summed E-state index contributed by atoms with van der Waals surface area (Å²) in [6.45, 7) is 2.04. The molecule has 7 heteroatoms. The van der Waals surface area contributed by atoms with E-state index in [2.05, 4.69) is 58.3 Å². The lowest BCUT2D eigenvalue weighted by molar-refractivity contribution is 0.316. The lowest BCUT2D eigenvalue weighted by Gasteiger charge is -2.20. The summed E-state index contributed by atoms with van der Waals surface area (Å²) < 4.78 is 2.87. The number of nitrogens with zero attached hydrogens (tertiary/aromatic N) is 1. The van der Waals surface area contributed by atoms with Gasteiger partial charge in [0.25, 0.3) is 0 Å². The Morgan fingerprint density at radius 3 is 2.39 bits per heavy atom. The molecule has 100 valence electrons. The fourth-order valence-electron chi connectivity index (χ4n) is 1.47. The number of nitrogens with two attached hydrogens (primary N) is 1. The quantitative estimate of drug-likeness (QED) is 0.275. The predicted molar refractivity (Wildman–Crippen MR) is 85.3 cm³/mol. The molecule has 0 saturated carbocycles. The van der Waals surface area contributed by atoms with Crippen molar-refractivity contribution in [1.82, 2.24) is 0 Å². The highest BCUT2D eigenvalue weighted by molar-refractivity contribution is 9.11. The van der Waals surface area contributed by atoms with Crippen LogP contribution in [0, 0.1) is 0 Å². The van der Waals surface area contributed by atoms with Crippen LogP contribution in [0.2, 0.25) is 0 Å². The first-order valence-electron chi connectivity index (χ1n) is 5.35. The number of anilines is 1. The second-order valence-electron chi connectivity index (χ2n) is 3.79. The zero-order valence-electron chi connectivity index (χ0n) is 9.75. The van der Waals surface area contributed by atoms with Crippen LogP contribution in [0.25, 0.3) is 0 Å². The summed E-state index contributed by atoms with van der Waals surface area (Å²) in [5.74, 6) is 0.221. The molecule has 0 heterocycles. The van der Waals surface area contributed by atoms with E-state index in [4.69, 9.17) is 10.9 Å². The topological polar surface area (TPSA) is 70.6 Å². The standard InChI is InChI=1S/C11H14Br3N3O/c1-2-7(5-10(15)17-18)16-11-8(13)3-6(12)4-9(11)14/h3-4,7,16,18H,2,5H2,1H3,(H2,15,17). The number of hydrogen-bond acceptors (Lipinski definition) is 3. The Hall–Kier alpha value is -0.270. The monoisotopic (exact) mass is 441 g/mol. The van der Waals surface area contributed by atoms with Crippen LogP contribution < -0.4 is 11.1 Å². The van der Waals surface area contributed by atoms with E-state index in [0.717, 1.165) is 25.5 Å². The zero-order chi connectivity index (χ0) is 13.7. The van der Waals surface area contributed by atoms with Crippen LogP contribution in [0.4, 0.5) is 5.69 Å². The molecule has 0 aromatic heterocycles. The fraction of sp³-hybridized carbons (Fsp3) is 0.364. The first kappa shape index (κ1) is 15.8. The molecule has 0 radical (unpaired) electrons. The Balaban J connectivity index is 2.88. The molecule has 0 spiro atoms. The molecule has 0 aliphatic heterocycles. The summed E-state index contributed by atoms with van der Waals surface area (Å²) in [6.07, 6.45) is 1.35. The summed E-state index contributed by atoms with van der Waals surface area (Å²) in [7, 11) is 0. The van der Waals surface area contributed by atoms with Crippen LogP contribution in [0.5, 0.6) is 0 Å². The largest absolute Gasteiger partial charge is 0.409 e. The molecule has 4 N–H and O–H groups in total. The molecular weight excluding hydrogens is 430 g/mol. The fourth-order valence-corrected chi connectivity index (χ4v) is 3.96. The SMILES string of the molecule is CCC(C/C(N)=N/O)Nc1c(Br)cc(Br)cc1Br. The maximum atomic E-state index is 8.60. The van der Waals surface area contributed by atoms with Gasteiger partial charge in [0.1, 0.15) is 5.84 Å². The molecular formula is C11H14Br3N3O. The van der Waals surface area contributed by atoms with Crippen LogP contribution in [-0.4, -0.2) is 17.1 Å². The summed E-state index contributed by atoms with van der Waals surface area (Å²) in [6, 6.07) is 4.03. The van der Waals surface area contributed by atoms with Crippen molar-refractivity contribution in [2.24, 2.45) is 10.9 Å². The molecule has 1 aromatic carbocycles. The highest BCUT2D eigenvalue weighted by atomic mass is 79.9. The first-order chi connectivity index (χ1) is 8.47. The maximum Gasteiger partial charge on any atom is 0.141 e. The lowest BCUT2D eigenvalue weighted by atomic mass is 10.1. The van der Waals surface area contributed by atoms with Gasteiger partial charge in [0.2, 0.25) is 0 Å². The van der Waals surface area contributed by atoms with Gasteiger partial charge in [-0.15, -0.1) is 0 Å². The van der Waals surface area contributed by atoms with Gasteiger partial charge in [-0.25, -0.2) is 0 Å². The number of halogens is 3. The van der Waals surface area contributed by atoms with Gasteiger partial charge in [-0.2, -0.15) is 0 Å². The predicted octanol–water partition coefficient (Wildman–Crippen LogP) is 4.30. The number of oxime groups is 1. The van der Waals surface area contributed by atoms with E-state index in [0.29, 0.717) is 6.42 Å². The molecule has 1 aromatic rings. The molecule has 0 aliphatic rings. The molecule has 0 saturated heterocycles. The molecule has 0 fully saturated rings. The Labute approximate surface area is 131 Å². The number of benzene rings is 1. The highest BCUT2D eigenvalue weighted by Crippen LogP contribution is 2.35. The van der Waals surface area contributed by atoms with Crippen LogP contribution in [0.15, 0.2) is 30.7 Å². The summed E-state index contributed by atoms with van der Waals surface area (Å²) in [4.78, 5) is 0. The molecule has 0 amide bonds. The normalized spacial score (nSPS) is 13.4. The van der Waals surface area contributed by atoms with Crippen molar-refractivity contribution in [3.05, 3.63) is 25.6 Å². The maximum absolute atomic E-state index is 8.60. The number of hydrogen-bond donors (Lipinski definition) is 3. The van der Waals surface area contributed by atoms with E-state index < -0.39 is 0 Å². The smallest absolute Gasteiger partial charge is 0.141 e. The number of rotatable bonds is 5. The van der Waals surface area contributed by atoms with Crippen LogP contribution in [-0.2, 0) is 0 Å². The Kier molecular flexibility index (Phi) is 6.45. The molecule has 1 atom stereocenters. The highest BCUT2D eigenvalue weighted by Gasteiger charge is 2.13. The second-order valence-corrected chi connectivity index (χ2v) is 6.41. The minimum atomic E-state index is 0.106. The zero-order valence-corrected chi connectivity index (χ0v) is 14.5. The van der Waals surface area contributed by atoms with Crippen molar-refractivity contribution >= 4 is 59.3 Å². The summed E-state index contributed by atoms with van der Waals surface area (Å²) >= 11 is 10.4.